The predicted octanol–water partition coefficient (Wildman–Crippen LogP) is 1.86. The van der Waals surface area contributed by atoms with Gasteiger partial charge in [-0.15, -0.1) is 0 Å². The second-order valence-corrected chi connectivity index (χ2v) is 8.32. The first-order valence-corrected chi connectivity index (χ1v) is 10.0. The van der Waals surface area contributed by atoms with Crippen molar-refractivity contribution in [1.29, 1.82) is 0 Å². The summed E-state index contributed by atoms with van der Waals surface area (Å²) in [5, 5.41) is 9.33. The summed E-state index contributed by atoms with van der Waals surface area (Å²) in [5.74, 6) is 1.12. The van der Waals surface area contributed by atoms with Crippen LogP contribution in [0.3, 0.4) is 0 Å². The third-order valence-corrected chi connectivity index (χ3v) is 6.17. The molecule has 138 valence electrons. The van der Waals surface area contributed by atoms with Crippen LogP contribution in [0.4, 0.5) is 0 Å². The van der Waals surface area contributed by atoms with Gasteiger partial charge < -0.3 is 0 Å². The molecule has 2 aliphatic carbocycles. The van der Waals surface area contributed by atoms with Crippen molar-refractivity contribution in [3.05, 3.63) is 45.1 Å². The summed E-state index contributed by atoms with van der Waals surface area (Å²) >= 11 is 0. The summed E-state index contributed by atoms with van der Waals surface area (Å²) in [5.41, 5.74) is 5.34. The first kappa shape index (κ1) is 16.2. The highest BCUT2D eigenvalue weighted by Crippen LogP contribution is 2.38. The first-order chi connectivity index (χ1) is 12.7. The van der Waals surface area contributed by atoms with Gasteiger partial charge in [0.2, 0.25) is 0 Å². The lowest BCUT2D eigenvalue weighted by atomic mass is 9.94. The van der Waals surface area contributed by atoms with Gasteiger partial charge in [-0.3, -0.25) is 14.4 Å². The molecule has 6 heteroatoms. The molecule has 1 saturated heterocycles. The molecule has 26 heavy (non-hydrogen) atoms. The molecular formula is C20H27N5O. The number of aryl methyl sites for hydroxylation is 2. The van der Waals surface area contributed by atoms with Crippen molar-refractivity contribution < 1.29 is 0 Å². The summed E-state index contributed by atoms with van der Waals surface area (Å²) in [4.78, 5) is 14.6. The Hall–Kier alpha value is -1.95. The van der Waals surface area contributed by atoms with Gasteiger partial charge in [0.05, 0.1) is 23.6 Å². The third kappa shape index (κ3) is 3.00. The Bertz CT molecular complexity index is 873. The van der Waals surface area contributed by atoms with Crippen LogP contribution in [-0.4, -0.2) is 37.6 Å². The van der Waals surface area contributed by atoms with Crippen molar-refractivity contribution in [3.8, 4) is 0 Å². The molecule has 2 aromatic rings. The van der Waals surface area contributed by atoms with E-state index in [0.29, 0.717) is 11.8 Å². The average molecular weight is 353 g/mol. The molecule has 0 amide bonds. The van der Waals surface area contributed by atoms with Crippen molar-refractivity contribution >= 4 is 0 Å². The van der Waals surface area contributed by atoms with Crippen molar-refractivity contribution in [1.82, 2.24) is 24.5 Å². The van der Waals surface area contributed by atoms with E-state index in [9.17, 15) is 4.79 Å². The van der Waals surface area contributed by atoms with E-state index in [2.05, 4.69) is 21.7 Å². The van der Waals surface area contributed by atoms with Gasteiger partial charge in [-0.25, -0.2) is 4.68 Å². The Kier molecular flexibility index (Phi) is 3.96. The molecular weight excluding hydrogens is 326 g/mol. The minimum absolute atomic E-state index is 0.0357. The lowest BCUT2D eigenvalue weighted by Gasteiger charge is -2.39. The van der Waals surface area contributed by atoms with Gasteiger partial charge in [0.1, 0.15) is 0 Å². The molecule has 0 N–H and O–H groups in total. The number of aromatic nitrogens is 4. The Morgan fingerprint density at radius 1 is 1.12 bits per heavy atom. The quantitative estimate of drug-likeness (QED) is 0.823. The molecule has 0 radical (unpaired) electrons. The molecule has 5 rings (SSSR count). The number of hydrogen-bond donors (Lipinski definition) is 0. The van der Waals surface area contributed by atoms with E-state index < -0.39 is 0 Å². The number of likely N-dealkylation sites (tertiary alicyclic amines) is 1. The Balaban J connectivity index is 1.21. The molecule has 2 aromatic heterocycles. The van der Waals surface area contributed by atoms with Crippen LogP contribution in [0.1, 0.15) is 54.2 Å². The van der Waals surface area contributed by atoms with Gasteiger partial charge in [0.15, 0.2) is 0 Å². The van der Waals surface area contributed by atoms with E-state index in [4.69, 9.17) is 5.10 Å². The van der Waals surface area contributed by atoms with Gasteiger partial charge in [0, 0.05) is 44.6 Å². The fraction of sp³-hybridized carbons (Fsp3) is 0.650. The topological polar surface area (TPSA) is 56.0 Å². The molecule has 3 heterocycles. The first-order valence-electron chi connectivity index (χ1n) is 10.0. The SMILES string of the molecule is Cn1nc2c(c1CN1CC(Cn3nc(C4CC4)ccc3=O)C1)CCCC2. The van der Waals surface area contributed by atoms with Crippen LogP contribution in [0.25, 0.3) is 0 Å². The van der Waals surface area contributed by atoms with Crippen LogP contribution >= 0.6 is 0 Å². The molecule has 0 bridgehead atoms. The van der Waals surface area contributed by atoms with Gasteiger partial charge in [0.25, 0.3) is 5.56 Å². The highest BCUT2D eigenvalue weighted by molar-refractivity contribution is 5.28. The molecule has 1 saturated carbocycles. The summed E-state index contributed by atoms with van der Waals surface area (Å²) in [6, 6.07) is 3.61. The molecule has 0 atom stereocenters. The predicted molar refractivity (Wildman–Crippen MR) is 99.1 cm³/mol. The molecule has 0 unspecified atom stereocenters. The monoisotopic (exact) mass is 353 g/mol. The van der Waals surface area contributed by atoms with E-state index in [0.717, 1.165) is 38.3 Å². The number of hydrogen-bond acceptors (Lipinski definition) is 4. The fourth-order valence-corrected chi connectivity index (χ4v) is 4.52. The second kappa shape index (κ2) is 6.34. The van der Waals surface area contributed by atoms with Crippen molar-refractivity contribution in [2.24, 2.45) is 13.0 Å². The van der Waals surface area contributed by atoms with E-state index in [1.165, 1.54) is 49.1 Å². The zero-order valence-corrected chi connectivity index (χ0v) is 15.5. The van der Waals surface area contributed by atoms with Crippen LogP contribution in [0.2, 0.25) is 0 Å². The molecule has 0 aromatic carbocycles. The maximum absolute atomic E-state index is 12.1. The summed E-state index contributed by atoms with van der Waals surface area (Å²) in [7, 11) is 2.08. The number of rotatable bonds is 5. The fourth-order valence-electron chi connectivity index (χ4n) is 4.52. The maximum Gasteiger partial charge on any atom is 0.266 e. The van der Waals surface area contributed by atoms with Gasteiger partial charge >= 0.3 is 0 Å². The number of fused-ring (bicyclic) bond motifs is 1. The van der Waals surface area contributed by atoms with E-state index in [-0.39, 0.29) is 5.56 Å². The minimum atomic E-state index is 0.0357. The third-order valence-electron chi connectivity index (χ3n) is 6.17. The molecule has 2 fully saturated rings. The molecule has 1 aliphatic heterocycles. The normalized spacial score (nSPS) is 20.8. The summed E-state index contributed by atoms with van der Waals surface area (Å²) < 4.78 is 3.79. The highest BCUT2D eigenvalue weighted by atomic mass is 16.1. The average Bonchev–Trinajstić information content (AvgIpc) is 3.39. The van der Waals surface area contributed by atoms with E-state index >= 15 is 0 Å². The lowest BCUT2D eigenvalue weighted by molar-refractivity contribution is 0.0737. The molecule has 0 spiro atoms. The van der Waals surface area contributed by atoms with Crippen molar-refractivity contribution in [2.45, 2.75) is 57.5 Å². The highest BCUT2D eigenvalue weighted by Gasteiger charge is 2.31. The Labute approximate surface area is 153 Å². The largest absolute Gasteiger partial charge is 0.297 e. The smallest absolute Gasteiger partial charge is 0.266 e. The van der Waals surface area contributed by atoms with E-state index in [1.54, 1.807) is 10.7 Å². The zero-order chi connectivity index (χ0) is 17.7. The van der Waals surface area contributed by atoms with Crippen molar-refractivity contribution in [3.63, 3.8) is 0 Å². The lowest BCUT2D eigenvalue weighted by Crippen LogP contribution is -2.49. The van der Waals surface area contributed by atoms with Crippen LogP contribution in [0.15, 0.2) is 16.9 Å². The van der Waals surface area contributed by atoms with Gasteiger partial charge in [-0.1, -0.05) is 0 Å². The van der Waals surface area contributed by atoms with Gasteiger partial charge in [-0.2, -0.15) is 10.2 Å². The van der Waals surface area contributed by atoms with E-state index in [1.807, 2.05) is 6.07 Å². The second-order valence-electron chi connectivity index (χ2n) is 8.32. The molecule has 3 aliphatic rings. The van der Waals surface area contributed by atoms with Crippen LogP contribution in [0, 0.1) is 5.92 Å². The zero-order valence-electron chi connectivity index (χ0n) is 15.5. The minimum Gasteiger partial charge on any atom is -0.297 e. The van der Waals surface area contributed by atoms with Crippen LogP contribution in [0.5, 0.6) is 0 Å². The Morgan fingerprint density at radius 2 is 1.92 bits per heavy atom. The Morgan fingerprint density at radius 3 is 2.73 bits per heavy atom. The number of nitrogens with zero attached hydrogens (tertiary/aromatic N) is 5. The maximum atomic E-state index is 12.1. The standard InChI is InChI=1S/C20H27N5O/c1-23-19(16-4-2-3-5-18(16)21-23)13-24-10-14(11-24)12-25-20(26)9-8-17(22-25)15-6-7-15/h8-9,14-15H,2-7,10-13H2,1H3. The van der Waals surface area contributed by atoms with Crippen LogP contribution in [-0.2, 0) is 33.0 Å². The molecule has 6 nitrogen and oxygen atoms in total. The summed E-state index contributed by atoms with van der Waals surface area (Å²) in [6.45, 7) is 3.82. The van der Waals surface area contributed by atoms with Crippen molar-refractivity contribution in [2.75, 3.05) is 13.1 Å². The summed E-state index contributed by atoms with van der Waals surface area (Å²) in [6.07, 6.45) is 7.33. The van der Waals surface area contributed by atoms with Crippen LogP contribution < -0.4 is 5.56 Å². The van der Waals surface area contributed by atoms with Gasteiger partial charge in [-0.05, 0) is 50.2 Å².